The minimum atomic E-state index is -3.52. The molecule has 0 spiro atoms. The molecule has 0 aliphatic carbocycles. The van der Waals surface area contributed by atoms with E-state index in [9.17, 15) is 13.2 Å². The Morgan fingerprint density at radius 1 is 1.39 bits per heavy atom. The molecule has 0 saturated heterocycles. The Hall–Kier alpha value is -1.80. The van der Waals surface area contributed by atoms with Gasteiger partial charge in [0.15, 0.2) is 9.84 Å². The second kappa shape index (κ2) is 5.69. The van der Waals surface area contributed by atoms with Crippen LogP contribution in [0.4, 0.5) is 5.69 Å². The maximum absolute atomic E-state index is 11.6. The molecule has 5 heteroatoms. The van der Waals surface area contributed by atoms with Gasteiger partial charge in [0.25, 0.3) is 0 Å². The molecule has 0 fully saturated rings. The topological polar surface area (TPSA) is 63.2 Å². The Bertz CT molecular complexity index is 597. The third-order valence-electron chi connectivity index (χ3n) is 2.32. The van der Waals surface area contributed by atoms with Crippen LogP contribution in [-0.4, -0.2) is 25.8 Å². The van der Waals surface area contributed by atoms with Crippen molar-refractivity contribution in [3.8, 4) is 12.3 Å². The second-order valence-corrected chi connectivity index (χ2v) is 6.17. The van der Waals surface area contributed by atoms with Gasteiger partial charge in [-0.2, -0.15) is 0 Å². The molecule has 1 rings (SSSR count). The highest BCUT2D eigenvalue weighted by Crippen LogP contribution is 2.16. The molecule has 18 heavy (non-hydrogen) atoms. The predicted molar refractivity (Wildman–Crippen MR) is 72.0 cm³/mol. The van der Waals surface area contributed by atoms with E-state index in [0.717, 1.165) is 11.1 Å². The Labute approximate surface area is 107 Å². The molecule has 1 aromatic carbocycles. The SMILES string of the molecule is C#CCS(=O)(=O)CC(=O)Nc1cc(C)ccc1C. The van der Waals surface area contributed by atoms with Gasteiger partial charge in [0.05, 0.1) is 0 Å². The smallest absolute Gasteiger partial charge is 0.239 e. The van der Waals surface area contributed by atoms with Crippen LogP contribution in [0.3, 0.4) is 0 Å². The number of anilines is 1. The summed E-state index contributed by atoms with van der Waals surface area (Å²) in [4.78, 5) is 11.6. The number of amides is 1. The van der Waals surface area contributed by atoms with Crippen LogP contribution >= 0.6 is 0 Å². The fraction of sp³-hybridized carbons (Fsp3) is 0.308. The monoisotopic (exact) mass is 265 g/mol. The zero-order valence-corrected chi connectivity index (χ0v) is 11.2. The largest absolute Gasteiger partial charge is 0.325 e. The lowest BCUT2D eigenvalue weighted by Gasteiger charge is -2.09. The number of carbonyl (C=O) groups is 1. The van der Waals surface area contributed by atoms with Gasteiger partial charge in [-0.25, -0.2) is 8.42 Å². The maximum Gasteiger partial charge on any atom is 0.239 e. The molecule has 1 N–H and O–H groups in total. The molecule has 4 nitrogen and oxygen atoms in total. The summed E-state index contributed by atoms with van der Waals surface area (Å²) < 4.78 is 22.8. The van der Waals surface area contributed by atoms with E-state index in [0.29, 0.717) is 5.69 Å². The van der Waals surface area contributed by atoms with E-state index in [1.807, 2.05) is 31.9 Å². The van der Waals surface area contributed by atoms with Crippen molar-refractivity contribution in [3.05, 3.63) is 29.3 Å². The Morgan fingerprint density at radius 3 is 2.67 bits per heavy atom. The summed E-state index contributed by atoms with van der Waals surface area (Å²) in [6, 6.07) is 5.57. The zero-order chi connectivity index (χ0) is 13.8. The van der Waals surface area contributed by atoms with Crippen molar-refractivity contribution >= 4 is 21.4 Å². The van der Waals surface area contributed by atoms with Gasteiger partial charge in [-0.05, 0) is 31.0 Å². The van der Waals surface area contributed by atoms with E-state index in [1.54, 1.807) is 6.07 Å². The summed E-state index contributed by atoms with van der Waals surface area (Å²) in [5.41, 5.74) is 2.49. The molecule has 96 valence electrons. The van der Waals surface area contributed by atoms with Gasteiger partial charge < -0.3 is 5.32 Å². The molecule has 0 atom stereocenters. The van der Waals surface area contributed by atoms with Crippen LogP contribution < -0.4 is 5.32 Å². The number of sulfone groups is 1. The Morgan fingerprint density at radius 2 is 2.06 bits per heavy atom. The molecule has 0 unspecified atom stereocenters. The molecule has 0 heterocycles. The first-order valence-electron chi connectivity index (χ1n) is 5.35. The van der Waals surface area contributed by atoms with Crippen LogP contribution in [-0.2, 0) is 14.6 Å². The standard InChI is InChI=1S/C13H15NO3S/c1-4-7-18(16,17)9-13(15)14-12-8-10(2)5-6-11(12)3/h1,5-6,8H,7,9H2,2-3H3,(H,14,15). The number of benzene rings is 1. The average Bonchev–Trinajstić information content (AvgIpc) is 2.22. The predicted octanol–water partition coefficient (Wildman–Crippen LogP) is 1.29. The fourth-order valence-electron chi connectivity index (χ4n) is 1.43. The summed E-state index contributed by atoms with van der Waals surface area (Å²) in [5, 5.41) is 2.58. The molecule has 0 aromatic heterocycles. The number of nitrogens with one attached hydrogen (secondary N) is 1. The first-order chi connectivity index (χ1) is 8.34. The summed E-state index contributed by atoms with van der Waals surface area (Å²) >= 11 is 0. The second-order valence-electron chi connectivity index (χ2n) is 4.10. The molecular formula is C13H15NO3S. The summed E-state index contributed by atoms with van der Waals surface area (Å²) in [5.74, 6) is 0.443. The molecular weight excluding hydrogens is 250 g/mol. The number of rotatable bonds is 4. The molecule has 1 amide bonds. The van der Waals surface area contributed by atoms with Crippen molar-refractivity contribution in [2.45, 2.75) is 13.8 Å². The third-order valence-corrected chi connectivity index (χ3v) is 3.63. The first kappa shape index (κ1) is 14.3. The highest BCUT2D eigenvalue weighted by molar-refractivity contribution is 7.92. The van der Waals surface area contributed by atoms with E-state index in [-0.39, 0.29) is 0 Å². The van der Waals surface area contributed by atoms with Gasteiger partial charge in [0.1, 0.15) is 11.5 Å². The van der Waals surface area contributed by atoms with Crippen LogP contribution in [0, 0.1) is 26.2 Å². The number of carbonyl (C=O) groups excluding carboxylic acids is 1. The van der Waals surface area contributed by atoms with Gasteiger partial charge >= 0.3 is 0 Å². The van der Waals surface area contributed by atoms with Crippen molar-refractivity contribution in [2.24, 2.45) is 0 Å². The highest BCUT2D eigenvalue weighted by atomic mass is 32.2. The summed E-state index contributed by atoms with van der Waals surface area (Å²) in [6.07, 6.45) is 4.93. The zero-order valence-electron chi connectivity index (χ0n) is 10.4. The van der Waals surface area contributed by atoms with Gasteiger partial charge in [0.2, 0.25) is 5.91 Å². The van der Waals surface area contributed by atoms with E-state index in [4.69, 9.17) is 6.42 Å². The van der Waals surface area contributed by atoms with Crippen molar-refractivity contribution in [1.82, 2.24) is 0 Å². The lowest BCUT2D eigenvalue weighted by molar-refractivity contribution is -0.113. The van der Waals surface area contributed by atoms with Crippen LogP contribution in [0.5, 0.6) is 0 Å². The van der Waals surface area contributed by atoms with Crippen molar-refractivity contribution in [2.75, 3.05) is 16.8 Å². The molecule has 0 aliphatic heterocycles. The fourth-order valence-corrected chi connectivity index (χ4v) is 2.26. The molecule has 0 saturated carbocycles. The summed E-state index contributed by atoms with van der Waals surface area (Å²) in [7, 11) is -3.52. The number of terminal acetylenes is 1. The molecule has 0 aliphatic rings. The van der Waals surface area contributed by atoms with Crippen molar-refractivity contribution in [3.63, 3.8) is 0 Å². The molecule has 0 radical (unpaired) electrons. The van der Waals surface area contributed by atoms with E-state index < -0.39 is 27.3 Å². The van der Waals surface area contributed by atoms with Crippen LogP contribution in [0.2, 0.25) is 0 Å². The van der Waals surface area contributed by atoms with Crippen LogP contribution in [0.15, 0.2) is 18.2 Å². The van der Waals surface area contributed by atoms with Gasteiger partial charge in [-0.3, -0.25) is 4.79 Å². The van der Waals surface area contributed by atoms with E-state index >= 15 is 0 Å². The van der Waals surface area contributed by atoms with Gasteiger partial charge in [-0.1, -0.05) is 18.1 Å². The Balaban J connectivity index is 2.77. The number of hydrogen-bond donors (Lipinski definition) is 1. The van der Waals surface area contributed by atoms with E-state index in [2.05, 4.69) is 5.32 Å². The van der Waals surface area contributed by atoms with E-state index in [1.165, 1.54) is 0 Å². The lowest BCUT2D eigenvalue weighted by Crippen LogP contribution is -2.24. The first-order valence-corrected chi connectivity index (χ1v) is 7.17. The number of aryl methyl sites for hydroxylation is 2. The minimum absolute atomic E-state index is 0.423. The van der Waals surface area contributed by atoms with Gasteiger partial charge in [0, 0.05) is 5.69 Å². The minimum Gasteiger partial charge on any atom is -0.325 e. The Kier molecular flexibility index (Phi) is 4.51. The molecule has 0 bridgehead atoms. The van der Waals surface area contributed by atoms with Crippen molar-refractivity contribution < 1.29 is 13.2 Å². The average molecular weight is 265 g/mol. The lowest BCUT2D eigenvalue weighted by atomic mass is 10.1. The van der Waals surface area contributed by atoms with Crippen molar-refractivity contribution in [1.29, 1.82) is 0 Å². The highest BCUT2D eigenvalue weighted by Gasteiger charge is 2.16. The number of hydrogen-bond acceptors (Lipinski definition) is 3. The van der Waals surface area contributed by atoms with Crippen LogP contribution in [0.25, 0.3) is 0 Å². The summed E-state index contributed by atoms with van der Waals surface area (Å²) in [6.45, 7) is 3.73. The van der Waals surface area contributed by atoms with Crippen LogP contribution in [0.1, 0.15) is 11.1 Å². The normalized spacial score (nSPS) is 10.7. The third kappa shape index (κ3) is 4.22. The molecule has 1 aromatic rings. The quantitative estimate of drug-likeness (QED) is 0.834. The van der Waals surface area contributed by atoms with Gasteiger partial charge in [-0.15, -0.1) is 6.42 Å². The maximum atomic E-state index is 11.6.